The van der Waals surface area contributed by atoms with Crippen molar-refractivity contribution >= 4 is 34.2 Å². The highest BCUT2D eigenvalue weighted by Gasteiger charge is 2.32. The maximum absolute atomic E-state index is 12.9. The Morgan fingerprint density at radius 2 is 1.76 bits per heavy atom. The van der Waals surface area contributed by atoms with Crippen LogP contribution in [-0.2, 0) is 11.3 Å². The highest BCUT2D eigenvalue weighted by Crippen LogP contribution is 2.37. The summed E-state index contributed by atoms with van der Waals surface area (Å²) in [5, 5.41) is 3.39. The number of carbonyl (C=O) groups excluding carboxylic acids is 2. The second-order valence-electron chi connectivity index (χ2n) is 8.29. The normalized spacial score (nSPS) is 15.1. The number of hydrogen-bond donors (Lipinski definition) is 1. The highest BCUT2D eigenvalue weighted by molar-refractivity contribution is 6.06. The van der Waals surface area contributed by atoms with Crippen LogP contribution in [0.4, 0.5) is 11.4 Å². The largest absolute Gasteiger partial charge is 0.479 e. The van der Waals surface area contributed by atoms with Crippen LogP contribution in [0.3, 0.4) is 0 Å². The molecular formula is C27H22N2O5. The van der Waals surface area contributed by atoms with Crippen LogP contribution in [0.1, 0.15) is 28.4 Å². The molecule has 1 aromatic heterocycles. The Bertz CT molecular complexity index is 1470. The Balaban J connectivity index is 1.45. The molecule has 3 aromatic carbocycles. The van der Waals surface area contributed by atoms with Gasteiger partial charge >= 0.3 is 5.63 Å². The summed E-state index contributed by atoms with van der Waals surface area (Å²) in [4.78, 5) is 39.8. The van der Waals surface area contributed by atoms with Crippen LogP contribution < -0.4 is 20.6 Å². The fourth-order valence-corrected chi connectivity index (χ4v) is 3.94. The van der Waals surface area contributed by atoms with E-state index < -0.39 is 17.6 Å². The summed E-state index contributed by atoms with van der Waals surface area (Å²) in [5.74, 6) is -0.227. The van der Waals surface area contributed by atoms with Crippen LogP contribution in [0.15, 0.2) is 82.0 Å². The molecule has 170 valence electrons. The Morgan fingerprint density at radius 1 is 1.00 bits per heavy atom. The summed E-state index contributed by atoms with van der Waals surface area (Å²) in [7, 11) is 0. The van der Waals surface area contributed by atoms with Crippen LogP contribution in [0, 0.1) is 6.92 Å². The van der Waals surface area contributed by atoms with E-state index in [1.54, 1.807) is 54.3 Å². The van der Waals surface area contributed by atoms with Gasteiger partial charge in [-0.15, -0.1) is 0 Å². The van der Waals surface area contributed by atoms with E-state index in [-0.39, 0.29) is 11.5 Å². The molecule has 1 atom stereocenters. The second kappa shape index (κ2) is 8.51. The van der Waals surface area contributed by atoms with Crippen molar-refractivity contribution in [1.82, 2.24) is 0 Å². The van der Waals surface area contributed by atoms with Gasteiger partial charge in [0.15, 0.2) is 6.10 Å². The first-order valence-electron chi connectivity index (χ1n) is 10.9. The molecule has 0 aliphatic carbocycles. The number of rotatable bonds is 4. The minimum atomic E-state index is -0.720. The SMILES string of the molecule is Cc1ccc(CN2C(=O)C(C)Oc3ccc(NC(=O)c4cc5ccccc5oc4=O)cc32)cc1. The second-order valence-corrected chi connectivity index (χ2v) is 8.29. The Morgan fingerprint density at radius 3 is 2.56 bits per heavy atom. The van der Waals surface area contributed by atoms with Crippen molar-refractivity contribution in [2.75, 3.05) is 10.2 Å². The van der Waals surface area contributed by atoms with Crippen LogP contribution in [0.2, 0.25) is 0 Å². The predicted octanol–water partition coefficient (Wildman–Crippen LogP) is 4.67. The molecule has 1 aliphatic heterocycles. The van der Waals surface area contributed by atoms with E-state index in [4.69, 9.17) is 9.15 Å². The number of nitrogens with one attached hydrogen (secondary N) is 1. The number of amides is 2. The minimum absolute atomic E-state index is 0.103. The third-order valence-corrected chi connectivity index (χ3v) is 5.77. The molecule has 4 aromatic rings. The minimum Gasteiger partial charge on any atom is -0.479 e. The van der Waals surface area contributed by atoms with E-state index in [0.29, 0.717) is 34.6 Å². The van der Waals surface area contributed by atoms with Crippen molar-refractivity contribution in [1.29, 1.82) is 0 Å². The molecule has 5 rings (SSSR count). The van der Waals surface area contributed by atoms with Gasteiger partial charge in [0, 0.05) is 11.1 Å². The van der Waals surface area contributed by atoms with Gasteiger partial charge in [-0.3, -0.25) is 9.59 Å². The molecule has 1 unspecified atom stereocenters. The molecule has 0 spiro atoms. The number of para-hydroxylation sites is 1. The van der Waals surface area contributed by atoms with E-state index in [1.165, 1.54) is 6.07 Å². The number of carbonyl (C=O) groups is 2. The molecule has 0 radical (unpaired) electrons. The zero-order valence-corrected chi connectivity index (χ0v) is 18.7. The van der Waals surface area contributed by atoms with Crippen molar-refractivity contribution in [2.45, 2.75) is 26.5 Å². The molecule has 1 N–H and O–H groups in total. The topological polar surface area (TPSA) is 88.8 Å². The molecule has 7 nitrogen and oxygen atoms in total. The lowest BCUT2D eigenvalue weighted by molar-refractivity contribution is -0.125. The lowest BCUT2D eigenvalue weighted by Crippen LogP contribution is -2.44. The summed E-state index contributed by atoms with van der Waals surface area (Å²) in [6, 6.07) is 21.5. The molecule has 0 fully saturated rings. The third-order valence-electron chi connectivity index (χ3n) is 5.77. The fourth-order valence-electron chi connectivity index (χ4n) is 3.94. The average molecular weight is 454 g/mol. The first-order valence-corrected chi connectivity index (χ1v) is 10.9. The van der Waals surface area contributed by atoms with E-state index >= 15 is 0 Å². The summed E-state index contributed by atoms with van der Waals surface area (Å²) >= 11 is 0. The molecule has 0 saturated heterocycles. The van der Waals surface area contributed by atoms with Crippen molar-refractivity contribution in [3.8, 4) is 5.75 Å². The molecule has 0 bridgehead atoms. The first-order chi connectivity index (χ1) is 16.4. The predicted molar refractivity (Wildman–Crippen MR) is 129 cm³/mol. The maximum atomic E-state index is 12.9. The van der Waals surface area contributed by atoms with Crippen LogP contribution in [0.25, 0.3) is 11.0 Å². The number of ether oxygens (including phenoxy) is 1. The molecule has 2 heterocycles. The van der Waals surface area contributed by atoms with Crippen molar-refractivity contribution in [3.63, 3.8) is 0 Å². The van der Waals surface area contributed by atoms with E-state index in [9.17, 15) is 14.4 Å². The lowest BCUT2D eigenvalue weighted by atomic mass is 10.1. The quantitative estimate of drug-likeness (QED) is 0.453. The summed E-state index contributed by atoms with van der Waals surface area (Å²) in [5.41, 5.74) is 2.67. The number of benzene rings is 3. The van der Waals surface area contributed by atoms with Gasteiger partial charge < -0.3 is 19.4 Å². The van der Waals surface area contributed by atoms with Gasteiger partial charge in [0.2, 0.25) is 0 Å². The van der Waals surface area contributed by atoms with Crippen molar-refractivity contribution in [3.05, 3.63) is 99.9 Å². The van der Waals surface area contributed by atoms with Gasteiger partial charge in [-0.25, -0.2) is 4.79 Å². The number of fused-ring (bicyclic) bond motifs is 2. The molecule has 0 saturated carbocycles. The van der Waals surface area contributed by atoms with Crippen LogP contribution in [0.5, 0.6) is 5.75 Å². The van der Waals surface area contributed by atoms with E-state index in [1.807, 2.05) is 31.2 Å². The van der Waals surface area contributed by atoms with E-state index in [0.717, 1.165) is 11.1 Å². The van der Waals surface area contributed by atoms with Crippen LogP contribution >= 0.6 is 0 Å². The van der Waals surface area contributed by atoms with Gasteiger partial charge in [-0.05, 0) is 49.7 Å². The van der Waals surface area contributed by atoms with Gasteiger partial charge in [0.1, 0.15) is 16.9 Å². The van der Waals surface area contributed by atoms with Gasteiger partial charge in [0.25, 0.3) is 11.8 Å². The third kappa shape index (κ3) is 4.03. The first kappa shape index (κ1) is 21.5. The fraction of sp³-hybridized carbons (Fsp3) is 0.148. The number of aryl methyl sites for hydroxylation is 1. The standard InChI is InChI=1S/C27H22N2O5/c1-16-7-9-18(10-8-16)15-29-22-14-20(11-12-24(22)33-17(2)26(29)31)28-25(30)21-13-19-5-3-4-6-23(19)34-27(21)32/h3-14,17H,15H2,1-2H3,(H,28,30). The molecule has 7 heteroatoms. The van der Waals surface area contributed by atoms with Crippen LogP contribution in [-0.4, -0.2) is 17.9 Å². The summed E-state index contributed by atoms with van der Waals surface area (Å²) in [6.45, 7) is 4.08. The van der Waals surface area contributed by atoms with Gasteiger partial charge in [-0.2, -0.15) is 0 Å². The van der Waals surface area contributed by atoms with E-state index in [2.05, 4.69) is 5.32 Å². The van der Waals surface area contributed by atoms with Crippen molar-refractivity contribution in [2.24, 2.45) is 0 Å². The molecule has 2 amide bonds. The lowest BCUT2D eigenvalue weighted by Gasteiger charge is -2.33. The average Bonchev–Trinajstić information content (AvgIpc) is 2.83. The van der Waals surface area contributed by atoms with Gasteiger partial charge in [-0.1, -0.05) is 48.0 Å². The zero-order chi connectivity index (χ0) is 23.8. The number of hydrogen-bond acceptors (Lipinski definition) is 5. The molecule has 1 aliphatic rings. The highest BCUT2D eigenvalue weighted by atomic mass is 16.5. The van der Waals surface area contributed by atoms with Gasteiger partial charge in [0.05, 0.1) is 12.2 Å². The summed E-state index contributed by atoms with van der Waals surface area (Å²) in [6.07, 6.45) is -0.624. The molecule has 34 heavy (non-hydrogen) atoms. The zero-order valence-electron chi connectivity index (χ0n) is 18.7. The monoisotopic (exact) mass is 454 g/mol. The number of anilines is 2. The Kier molecular flexibility index (Phi) is 5.37. The smallest absolute Gasteiger partial charge is 0.349 e. The Labute approximate surface area is 195 Å². The molecular weight excluding hydrogens is 432 g/mol. The number of nitrogens with zero attached hydrogens (tertiary/aromatic N) is 1. The summed E-state index contributed by atoms with van der Waals surface area (Å²) < 4.78 is 11.0. The van der Waals surface area contributed by atoms with Crippen molar-refractivity contribution < 1.29 is 18.7 Å². The Hall–Kier alpha value is -4.39. The maximum Gasteiger partial charge on any atom is 0.349 e.